The fraction of sp³-hybridized carbons (Fsp3) is 0.833. The van der Waals surface area contributed by atoms with E-state index in [0.717, 1.165) is 25.8 Å². The Morgan fingerprint density at radius 1 is 1.20 bits per heavy atom. The van der Waals surface area contributed by atoms with E-state index in [1.165, 1.54) is 0 Å². The zero-order valence-electron chi connectivity index (χ0n) is 15.2. The average molecular weight is 354 g/mol. The van der Waals surface area contributed by atoms with Gasteiger partial charge in [0.25, 0.3) is 0 Å². The summed E-state index contributed by atoms with van der Waals surface area (Å²) in [7, 11) is 1.56. The molecule has 142 valence electrons. The maximum Gasteiger partial charge on any atom is 0.311 e. The number of hydrogen-bond acceptors (Lipinski definition) is 4. The number of piperidine rings is 1. The second-order valence-corrected chi connectivity index (χ2v) is 7.19. The Morgan fingerprint density at radius 3 is 2.72 bits per heavy atom. The van der Waals surface area contributed by atoms with Gasteiger partial charge in [0.2, 0.25) is 11.8 Å². The van der Waals surface area contributed by atoms with Crippen molar-refractivity contribution >= 4 is 17.8 Å². The van der Waals surface area contributed by atoms with Gasteiger partial charge < -0.3 is 19.6 Å². The SMILES string of the molecule is COCC[C@]1(C(=O)O)CCCN(C(=O)CCN2CCCCCC2=O)C1. The van der Waals surface area contributed by atoms with Gasteiger partial charge >= 0.3 is 5.97 Å². The molecular formula is C18H30N2O5. The Morgan fingerprint density at radius 2 is 2.00 bits per heavy atom. The molecule has 7 nitrogen and oxygen atoms in total. The quantitative estimate of drug-likeness (QED) is 0.749. The smallest absolute Gasteiger partial charge is 0.311 e. The van der Waals surface area contributed by atoms with Gasteiger partial charge in [-0.1, -0.05) is 6.42 Å². The number of carboxylic acids is 1. The highest BCUT2D eigenvalue weighted by Gasteiger charge is 2.43. The zero-order chi connectivity index (χ0) is 18.3. The first-order valence-electron chi connectivity index (χ1n) is 9.26. The lowest BCUT2D eigenvalue weighted by molar-refractivity contribution is -0.156. The molecule has 2 rings (SSSR count). The van der Waals surface area contributed by atoms with Crippen molar-refractivity contribution in [1.82, 2.24) is 9.80 Å². The molecule has 2 saturated heterocycles. The lowest BCUT2D eigenvalue weighted by Gasteiger charge is -2.40. The van der Waals surface area contributed by atoms with Crippen LogP contribution in [-0.4, -0.2) is 72.6 Å². The fourth-order valence-corrected chi connectivity index (χ4v) is 3.79. The molecule has 2 heterocycles. The molecule has 7 heteroatoms. The van der Waals surface area contributed by atoms with E-state index in [-0.39, 0.29) is 24.8 Å². The molecule has 0 spiro atoms. The van der Waals surface area contributed by atoms with Crippen molar-refractivity contribution in [3.63, 3.8) is 0 Å². The summed E-state index contributed by atoms with van der Waals surface area (Å²) < 4.78 is 5.06. The second kappa shape index (κ2) is 9.17. The molecule has 1 atom stereocenters. The number of rotatable bonds is 7. The highest BCUT2D eigenvalue weighted by atomic mass is 16.5. The van der Waals surface area contributed by atoms with Crippen LogP contribution in [0.2, 0.25) is 0 Å². The molecule has 0 aliphatic carbocycles. The van der Waals surface area contributed by atoms with Crippen LogP contribution in [0.15, 0.2) is 0 Å². The van der Waals surface area contributed by atoms with Crippen LogP contribution < -0.4 is 0 Å². The van der Waals surface area contributed by atoms with Crippen molar-refractivity contribution in [1.29, 1.82) is 0 Å². The molecular weight excluding hydrogens is 324 g/mol. The molecule has 0 unspecified atom stereocenters. The summed E-state index contributed by atoms with van der Waals surface area (Å²) >= 11 is 0. The molecule has 2 aliphatic heterocycles. The molecule has 1 N–H and O–H groups in total. The van der Waals surface area contributed by atoms with Crippen molar-refractivity contribution in [2.45, 2.75) is 51.4 Å². The maximum atomic E-state index is 12.6. The van der Waals surface area contributed by atoms with Gasteiger partial charge in [-0.25, -0.2) is 0 Å². The minimum absolute atomic E-state index is 0.0558. The third kappa shape index (κ3) is 5.17. The largest absolute Gasteiger partial charge is 0.481 e. The summed E-state index contributed by atoms with van der Waals surface area (Å²) in [5, 5.41) is 9.67. The van der Waals surface area contributed by atoms with Gasteiger partial charge in [-0.15, -0.1) is 0 Å². The Labute approximate surface area is 149 Å². The first-order valence-corrected chi connectivity index (χ1v) is 9.26. The molecule has 0 aromatic rings. The van der Waals surface area contributed by atoms with Gasteiger partial charge in [0.15, 0.2) is 0 Å². The molecule has 0 bridgehead atoms. The minimum Gasteiger partial charge on any atom is -0.481 e. The molecule has 2 aliphatic rings. The summed E-state index contributed by atoms with van der Waals surface area (Å²) in [6.45, 7) is 2.36. The number of methoxy groups -OCH3 is 1. The summed E-state index contributed by atoms with van der Waals surface area (Å²) in [4.78, 5) is 39.8. The zero-order valence-corrected chi connectivity index (χ0v) is 15.2. The number of nitrogens with zero attached hydrogens (tertiary/aromatic N) is 2. The van der Waals surface area contributed by atoms with Gasteiger partial charge in [-0.3, -0.25) is 14.4 Å². The van der Waals surface area contributed by atoms with Crippen molar-refractivity contribution in [3.8, 4) is 0 Å². The van der Waals surface area contributed by atoms with E-state index in [1.807, 2.05) is 0 Å². The first-order chi connectivity index (χ1) is 12.0. The van der Waals surface area contributed by atoms with E-state index in [1.54, 1.807) is 16.9 Å². The second-order valence-electron chi connectivity index (χ2n) is 7.19. The third-order valence-electron chi connectivity index (χ3n) is 5.43. The highest BCUT2D eigenvalue weighted by molar-refractivity contribution is 5.81. The van der Waals surface area contributed by atoms with Crippen LogP contribution in [0, 0.1) is 5.41 Å². The van der Waals surface area contributed by atoms with E-state index in [2.05, 4.69) is 0 Å². The Bertz CT molecular complexity index is 496. The van der Waals surface area contributed by atoms with Crippen LogP contribution in [-0.2, 0) is 19.1 Å². The van der Waals surface area contributed by atoms with Crippen LogP contribution in [0.4, 0.5) is 0 Å². The number of carbonyl (C=O) groups excluding carboxylic acids is 2. The van der Waals surface area contributed by atoms with E-state index in [9.17, 15) is 19.5 Å². The van der Waals surface area contributed by atoms with Gasteiger partial charge in [0.1, 0.15) is 0 Å². The van der Waals surface area contributed by atoms with Crippen LogP contribution >= 0.6 is 0 Å². The van der Waals surface area contributed by atoms with Gasteiger partial charge in [-0.2, -0.15) is 0 Å². The number of aliphatic carboxylic acids is 1. The third-order valence-corrected chi connectivity index (χ3v) is 5.43. The summed E-state index contributed by atoms with van der Waals surface area (Å²) in [6, 6.07) is 0. The Hall–Kier alpha value is -1.63. The molecule has 2 amide bonds. The van der Waals surface area contributed by atoms with Gasteiger partial charge in [0, 0.05) is 52.7 Å². The lowest BCUT2D eigenvalue weighted by Crippen LogP contribution is -2.51. The average Bonchev–Trinajstić information content (AvgIpc) is 2.82. The molecule has 2 fully saturated rings. The molecule has 0 radical (unpaired) electrons. The standard InChI is InChI=1S/C18H30N2O5/c1-25-13-9-18(17(23)24)8-5-11-20(14-18)16(22)7-12-19-10-4-2-3-6-15(19)21/h2-14H2,1H3,(H,23,24)/t18-/m1/s1. The van der Waals surface area contributed by atoms with E-state index >= 15 is 0 Å². The lowest BCUT2D eigenvalue weighted by atomic mass is 9.77. The van der Waals surface area contributed by atoms with Crippen molar-refractivity contribution in [3.05, 3.63) is 0 Å². The minimum atomic E-state index is -0.914. The van der Waals surface area contributed by atoms with E-state index in [0.29, 0.717) is 45.4 Å². The first kappa shape index (κ1) is 19.7. The predicted molar refractivity (Wildman–Crippen MR) is 92.0 cm³/mol. The molecule has 0 saturated carbocycles. The van der Waals surface area contributed by atoms with Crippen molar-refractivity contribution in [2.24, 2.45) is 5.41 Å². The molecule has 0 aromatic heterocycles. The maximum absolute atomic E-state index is 12.6. The summed E-state index contributed by atoms with van der Waals surface area (Å²) in [5.74, 6) is -0.784. The van der Waals surface area contributed by atoms with Crippen LogP contribution in [0.5, 0.6) is 0 Å². The summed E-state index contributed by atoms with van der Waals surface area (Å²) in [6.07, 6.45) is 5.47. The van der Waals surface area contributed by atoms with Gasteiger partial charge in [0.05, 0.1) is 5.41 Å². The topological polar surface area (TPSA) is 87.2 Å². The Kier molecular flexibility index (Phi) is 7.23. The van der Waals surface area contributed by atoms with Crippen LogP contribution in [0.1, 0.15) is 51.4 Å². The van der Waals surface area contributed by atoms with Crippen LogP contribution in [0.3, 0.4) is 0 Å². The number of likely N-dealkylation sites (tertiary alicyclic amines) is 2. The number of carboxylic acid groups (broad SMARTS) is 1. The Balaban J connectivity index is 1.91. The number of hydrogen-bond donors (Lipinski definition) is 1. The number of ether oxygens (including phenoxy) is 1. The highest BCUT2D eigenvalue weighted by Crippen LogP contribution is 2.34. The van der Waals surface area contributed by atoms with Crippen molar-refractivity contribution in [2.75, 3.05) is 39.9 Å². The predicted octanol–water partition coefficient (Wildman–Crippen LogP) is 1.51. The summed E-state index contributed by atoms with van der Waals surface area (Å²) in [5.41, 5.74) is -0.914. The number of carbonyl (C=O) groups is 3. The molecule has 25 heavy (non-hydrogen) atoms. The van der Waals surface area contributed by atoms with E-state index < -0.39 is 11.4 Å². The van der Waals surface area contributed by atoms with Crippen LogP contribution in [0.25, 0.3) is 0 Å². The fourth-order valence-electron chi connectivity index (χ4n) is 3.79. The van der Waals surface area contributed by atoms with Crippen molar-refractivity contribution < 1.29 is 24.2 Å². The van der Waals surface area contributed by atoms with Gasteiger partial charge in [-0.05, 0) is 32.1 Å². The monoisotopic (exact) mass is 354 g/mol. The number of amides is 2. The molecule has 0 aromatic carbocycles. The normalized spacial score (nSPS) is 24.9. The van der Waals surface area contributed by atoms with E-state index in [4.69, 9.17) is 4.74 Å².